The molecular formula is C30H31ClN6O3S. The number of thiophene rings is 1. The molecule has 1 N–H and O–H groups in total. The van der Waals surface area contributed by atoms with Crippen molar-refractivity contribution in [3.8, 4) is 5.75 Å². The van der Waals surface area contributed by atoms with E-state index < -0.39 is 0 Å². The lowest BCUT2D eigenvalue weighted by molar-refractivity contribution is -0.126. The highest BCUT2D eigenvalue weighted by Crippen LogP contribution is 2.39. The molecule has 4 aromatic rings. The molecule has 2 aliphatic heterocycles. The maximum Gasteiger partial charge on any atom is 0.246 e. The molecule has 0 bridgehead atoms. The molecular weight excluding hydrogens is 560 g/mol. The predicted octanol–water partition coefficient (Wildman–Crippen LogP) is 5.23. The number of hydrogen-bond acceptors (Lipinski definition) is 9. The van der Waals surface area contributed by atoms with Crippen LogP contribution >= 0.6 is 22.9 Å². The lowest BCUT2D eigenvalue weighted by atomic mass is 10.0. The SMILES string of the molecule is O=C(/C=C/CCN1CCOCC1)N1CCc2c(sc3ncnc(Nc4ccc(OCc5ccccn5)c(Cl)c4)c23)C1. The van der Waals surface area contributed by atoms with Gasteiger partial charge in [0.25, 0.3) is 0 Å². The van der Waals surface area contributed by atoms with Crippen LogP contribution in [-0.2, 0) is 29.1 Å². The van der Waals surface area contributed by atoms with Crippen LogP contribution in [0.5, 0.6) is 5.75 Å². The van der Waals surface area contributed by atoms with Gasteiger partial charge in [0, 0.05) is 42.9 Å². The number of aromatic nitrogens is 3. The van der Waals surface area contributed by atoms with E-state index in [1.54, 1.807) is 29.9 Å². The van der Waals surface area contributed by atoms with Crippen molar-refractivity contribution in [3.05, 3.63) is 82.2 Å². The number of rotatable bonds is 9. The Bertz CT molecular complexity index is 1540. The topological polar surface area (TPSA) is 92.7 Å². The number of pyridine rings is 1. The van der Waals surface area contributed by atoms with Gasteiger partial charge in [0.15, 0.2) is 0 Å². The number of nitrogens with one attached hydrogen (secondary N) is 1. The van der Waals surface area contributed by atoms with Crippen LogP contribution in [0.3, 0.4) is 0 Å². The first kappa shape index (κ1) is 27.6. The van der Waals surface area contributed by atoms with Crippen LogP contribution < -0.4 is 10.1 Å². The third-order valence-electron chi connectivity index (χ3n) is 7.22. The van der Waals surface area contributed by atoms with Gasteiger partial charge in [-0.25, -0.2) is 9.97 Å². The molecule has 5 heterocycles. The minimum atomic E-state index is 0.0551. The molecule has 0 spiro atoms. The van der Waals surface area contributed by atoms with E-state index in [0.29, 0.717) is 30.5 Å². The summed E-state index contributed by atoms with van der Waals surface area (Å²) in [6, 6.07) is 11.3. The fourth-order valence-corrected chi connectivity index (χ4v) is 6.49. The van der Waals surface area contributed by atoms with Crippen molar-refractivity contribution >= 4 is 50.6 Å². The smallest absolute Gasteiger partial charge is 0.246 e. The molecule has 41 heavy (non-hydrogen) atoms. The number of ether oxygens (including phenoxy) is 2. The lowest BCUT2D eigenvalue weighted by Crippen LogP contribution is -2.36. The van der Waals surface area contributed by atoms with Crippen LogP contribution in [-0.4, -0.2) is 70.1 Å². The molecule has 212 valence electrons. The van der Waals surface area contributed by atoms with Gasteiger partial charge in [-0.15, -0.1) is 11.3 Å². The van der Waals surface area contributed by atoms with Gasteiger partial charge in [0.1, 0.15) is 29.3 Å². The molecule has 3 aromatic heterocycles. The lowest BCUT2D eigenvalue weighted by Gasteiger charge is -2.26. The predicted molar refractivity (Wildman–Crippen MR) is 161 cm³/mol. The molecule has 0 atom stereocenters. The maximum absolute atomic E-state index is 12.9. The molecule has 1 aromatic carbocycles. The second kappa shape index (κ2) is 12.9. The first-order chi connectivity index (χ1) is 20.1. The van der Waals surface area contributed by atoms with Crippen LogP contribution in [0, 0.1) is 0 Å². The van der Waals surface area contributed by atoms with E-state index in [4.69, 9.17) is 21.1 Å². The van der Waals surface area contributed by atoms with Crippen LogP contribution in [0.1, 0.15) is 22.6 Å². The van der Waals surface area contributed by atoms with E-state index in [2.05, 4.69) is 25.2 Å². The second-order valence-corrected chi connectivity index (χ2v) is 11.4. The van der Waals surface area contributed by atoms with Gasteiger partial charge >= 0.3 is 0 Å². The van der Waals surface area contributed by atoms with E-state index in [9.17, 15) is 4.79 Å². The summed E-state index contributed by atoms with van der Waals surface area (Å²) in [5.41, 5.74) is 2.83. The summed E-state index contributed by atoms with van der Waals surface area (Å²) in [6.45, 7) is 6.03. The van der Waals surface area contributed by atoms with Gasteiger partial charge in [-0.3, -0.25) is 14.7 Å². The summed E-state index contributed by atoms with van der Waals surface area (Å²) in [4.78, 5) is 32.6. The molecule has 6 rings (SSSR count). The first-order valence-corrected chi connectivity index (χ1v) is 14.9. The average Bonchev–Trinajstić information content (AvgIpc) is 3.39. The quantitative estimate of drug-likeness (QED) is 0.265. The third kappa shape index (κ3) is 6.68. The molecule has 0 radical (unpaired) electrons. The number of carbonyl (C=O) groups excluding carboxylic acids is 1. The number of nitrogens with zero attached hydrogens (tertiary/aromatic N) is 5. The minimum absolute atomic E-state index is 0.0551. The zero-order chi connectivity index (χ0) is 28.0. The van der Waals surface area contributed by atoms with Gasteiger partial charge in [-0.05, 0) is 54.8 Å². The number of morpholine rings is 1. The van der Waals surface area contributed by atoms with E-state index in [-0.39, 0.29) is 5.91 Å². The van der Waals surface area contributed by atoms with Crippen LogP contribution in [0.25, 0.3) is 10.2 Å². The minimum Gasteiger partial charge on any atom is -0.486 e. The number of fused-ring (bicyclic) bond motifs is 3. The fraction of sp³-hybridized carbons (Fsp3) is 0.333. The average molecular weight is 591 g/mol. The first-order valence-electron chi connectivity index (χ1n) is 13.7. The van der Waals surface area contributed by atoms with Gasteiger partial charge in [-0.1, -0.05) is 23.7 Å². The Morgan fingerprint density at radius 2 is 2.05 bits per heavy atom. The van der Waals surface area contributed by atoms with Crippen molar-refractivity contribution in [3.63, 3.8) is 0 Å². The molecule has 1 saturated heterocycles. The van der Waals surface area contributed by atoms with Crippen molar-refractivity contribution < 1.29 is 14.3 Å². The molecule has 0 saturated carbocycles. The number of anilines is 2. The molecule has 0 aliphatic carbocycles. The zero-order valence-corrected chi connectivity index (χ0v) is 24.2. The van der Waals surface area contributed by atoms with Crippen molar-refractivity contribution in [2.24, 2.45) is 0 Å². The number of halogens is 1. The normalized spacial score (nSPS) is 15.8. The third-order valence-corrected chi connectivity index (χ3v) is 8.64. The summed E-state index contributed by atoms with van der Waals surface area (Å²) >= 11 is 8.16. The Labute approximate surface area is 247 Å². The number of hydrogen-bond donors (Lipinski definition) is 1. The summed E-state index contributed by atoms with van der Waals surface area (Å²) in [5, 5.41) is 4.92. The molecule has 2 aliphatic rings. The van der Waals surface area contributed by atoms with E-state index in [1.165, 1.54) is 5.56 Å². The molecule has 1 amide bonds. The van der Waals surface area contributed by atoms with Crippen LogP contribution in [0.4, 0.5) is 11.5 Å². The highest BCUT2D eigenvalue weighted by molar-refractivity contribution is 7.19. The van der Waals surface area contributed by atoms with Crippen LogP contribution in [0.2, 0.25) is 5.02 Å². The van der Waals surface area contributed by atoms with E-state index >= 15 is 0 Å². The van der Waals surface area contributed by atoms with Gasteiger partial charge in [0.2, 0.25) is 5.91 Å². The van der Waals surface area contributed by atoms with Crippen LogP contribution in [0.15, 0.2) is 61.1 Å². The van der Waals surface area contributed by atoms with E-state index in [0.717, 1.165) is 78.0 Å². The molecule has 1 fully saturated rings. The Morgan fingerprint density at radius 3 is 2.88 bits per heavy atom. The highest BCUT2D eigenvalue weighted by atomic mass is 35.5. The Morgan fingerprint density at radius 1 is 1.15 bits per heavy atom. The summed E-state index contributed by atoms with van der Waals surface area (Å²) in [5.74, 6) is 1.37. The number of amides is 1. The Balaban J connectivity index is 1.10. The van der Waals surface area contributed by atoms with Gasteiger partial charge in [0.05, 0.1) is 35.9 Å². The van der Waals surface area contributed by atoms with Gasteiger partial charge < -0.3 is 19.7 Å². The monoisotopic (exact) mass is 590 g/mol. The molecule has 0 unspecified atom stereocenters. The number of benzene rings is 1. The molecule has 9 nitrogen and oxygen atoms in total. The largest absolute Gasteiger partial charge is 0.486 e. The maximum atomic E-state index is 12.9. The zero-order valence-electron chi connectivity index (χ0n) is 22.6. The van der Waals surface area contributed by atoms with Gasteiger partial charge in [-0.2, -0.15) is 0 Å². The Hall–Kier alpha value is -3.57. The van der Waals surface area contributed by atoms with Crippen molar-refractivity contribution in [1.82, 2.24) is 24.8 Å². The standard InChI is InChI=1S/C30H31ClN6O3S/c31-24-17-21(7-8-25(24)40-19-22-5-1-3-10-32-22)35-29-28-23-9-12-37(18-26(23)41-30(28)34-20-33-29)27(38)6-2-4-11-36-13-15-39-16-14-36/h1-3,5-8,10,17,20H,4,9,11-16,18-19H2,(H,33,34,35)/b6-2+. The summed E-state index contributed by atoms with van der Waals surface area (Å²) in [7, 11) is 0. The fourth-order valence-electron chi connectivity index (χ4n) is 5.05. The van der Waals surface area contributed by atoms with Crippen molar-refractivity contribution in [1.29, 1.82) is 0 Å². The van der Waals surface area contributed by atoms with Crippen molar-refractivity contribution in [2.75, 3.05) is 44.7 Å². The Kier molecular flexibility index (Phi) is 8.71. The summed E-state index contributed by atoms with van der Waals surface area (Å²) < 4.78 is 11.3. The van der Waals surface area contributed by atoms with Crippen molar-refractivity contribution in [2.45, 2.75) is 26.0 Å². The number of carbonyl (C=O) groups is 1. The molecule has 11 heteroatoms. The van der Waals surface area contributed by atoms with E-state index in [1.807, 2.05) is 47.4 Å². The second-order valence-electron chi connectivity index (χ2n) is 9.94. The highest BCUT2D eigenvalue weighted by Gasteiger charge is 2.25. The summed E-state index contributed by atoms with van der Waals surface area (Å²) in [6.07, 6.45) is 8.63.